The maximum Gasteiger partial charge on any atom is 0.235 e. The van der Waals surface area contributed by atoms with Crippen LogP contribution in [-0.4, -0.2) is 68.1 Å². The lowest BCUT2D eigenvalue weighted by Crippen LogP contribution is -2.53. The Morgan fingerprint density at radius 1 is 1.61 bits per heavy atom. The first-order valence-corrected chi connectivity index (χ1v) is 6.96. The molecule has 5 heteroatoms. The minimum atomic E-state index is -0.250. The van der Waals surface area contributed by atoms with Crippen molar-refractivity contribution < 1.29 is 4.79 Å². The van der Waals surface area contributed by atoms with Crippen molar-refractivity contribution in [2.75, 3.05) is 40.3 Å². The number of carbonyl (C=O) groups excluding carboxylic acids is 1. The van der Waals surface area contributed by atoms with Gasteiger partial charge in [-0.15, -0.1) is 0 Å². The Morgan fingerprint density at radius 3 is 2.89 bits per heavy atom. The molecule has 1 aliphatic rings. The minimum absolute atomic E-state index is 0.234. The summed E-state index contributed by atoms with van der Waals surface area (Å²) in [6.45, 7) is 5.89. The van der Waals surface area contributed by atoms with Crippen LogP contribution < -0.4 is 11.1 Å². The van der Waals surface area contributed by atoms with E-state index in [1.807, 2.05) is 0 Å². The number of nitrogens with two attached hydrogens (primary N) is 1. The molecule has 0 aromatic heterocycles. The van der Waals surface area contributed by atoms with Crippen molar-refractivity contribution in [2.45, 2.75) is 38.3 Å². The minimum Gasteiger partial charge on any atom is -0.368 e. The number of nitrogens with zero attached hydrogens (tertiary/aromatic N) is 2. The van der Waals surface area contributed by atoms with Crippen LogP contribution in [-0.2, 0) is 4.79 Å². The first kappa shape index (κ1) is 15.4. The van der Waals surface area contributed by atoms with Gasteiger partial charge in [0.05, 0.1) is 6.04 Å². The number of amides is 1. The van der Waals surface area contributed by atoms with Crippen molar-refractivity contribution in [3.63, 3.8) is 0 Å². The number of nitrogens with one attached hydrogen (secondary N) is 1. The van der Waals surface area contributed by atoms with Gasteiger partial charge in [0.15, 0.2) is 0 Å². The molecule has 0 bridgehead atoms. The molecule has 2 unspecified atom stereocenters. The Hall–Kier alpha value is -0.650. The summed E-state index contributed by atoms with van der Waals surface area (Å²) in [5.74, 6) is -0.250. The Balaban J connectivity index is 2.44. The third kappa shape index (κ3) is 4.92. The largest absolute Gasteiger partial charge is 0.368 e. The van der Waals surface area contributed by atoms with Gasteiger partial charge in [0.1, 0.15) is 0 Å². The predicted molar refractivity (Wildman–Crippen MR) is 74.4 cm³/mol. The molecule has 1 heterocycles. The molecule has 5 nitrogen and oxygen atoms in total. The number of piperidine rings is 1. The van der Waals surface area contributed by atoms with Crippen LogP contribution in [0.3, 0.4) is 0 Å². The summed E-state index contributed by atoms with van der Waals surface area (Å²) < 4.78 is 0. The van der Waals surface area contributed by atoms with E-state index in [-0.39, 0.29) is 11.9 Å². The topological polar surface area (TPSA) is 61.6 Å². The maximum absolute atomic E-state index is 11.4. The summed E-state index contributed by atoms with van der Waals surface area (Å²) in [4.78, 5) is 16.0. The summed E-state index contributed by atoms with van der Waals surface area (Å²) in [5.41, 5.74) is 5.44. The molecule has 2 atom stereocenters. The van der Waals surface area contributed by atoms with Crippen molar-refractivity contribution in [1.82, 2.24) is 15.1 Å². The molecule has 106 valence electrons. The molecular weight excluding hydrogens is 228 g/mol. The lowest BCUT2D eigenvalue weighted by Gasteiger charge is -2.37. The van der Waals surface area contributed by atoms with Gasteiger partial charge >= 0.3 is 0 Å². The monoisotopic (exact) mass is 256 g/mol. The van der Waals surface area contributed by atoms with E-state index >= 15 is 0 Å². The molecule has 3 N–H and O–H groups in total. The van der Waals surface area contributed by atoms with E-state index in [1.165, 1.54) is 19.4 Å². The van der Waals surface area contributed by atoms with Crippen LogP contribution in [0.5, 0.6) is 0 Å². The van der Waals surface area contributed by atoms with Crippen LogP contribution in [0.15, 0.2) is 0 Å². The summed E-state index contributed by atoms with van der Waals surface area (Å²) >= 11 is 0. The van der Waals surface area contributed by atoms with Crippen LogP contribution in [0.1, 0.15) is 26.2 Å². The normalized spacial score (nSPS) is 23.2. The van der Waals surface area contributed by atoms with Crippen molar-refractivity contribution in [1.29, 1.82) is 0 Å². The molecule has 0 saturated carbocycles. The molecule has 1 saturated heterocycles. The van der Waals surface area contributed by atoms with Crippen LogP contribution in [0.4, 0.5) is 0 Å². The second kappa shape index (κ2) is 7.71. The van der Waals surface area contributed by atoms with E-state index in [1.54, 1.807) is 0 Å². The summed E-state index contributed by atoms with van der Waals surface area (Å²) in [6, 6.07) is 0.302. The highest BCUT2D eigenvalue weighted by atomic mass is 16.1. The molecule has 0 aromatic rings. The lowest BCUT2D eigenvalue weighted by molar-refractivity contribution is -0.120. The second-order valence-electron chi connectivity index (χ2n) is 5.41. The summed E-state index contributed by atoms with van der Waals surface area (Å²) in [6.07, 6.45) is 3.45. The third-order valence-corrected chi connectivity index (χ3v) is 3.68. The smallest absolute Gasteiger partial charge is 0.235 e. The molecule has 1 fully saturated rings. The number of primary amides is 1. The number of likely N-dealkylation sites (tertiary alicyclic amines) is 1. The number of carbonyl (C=O) groups is 1. The lowest BCUT2D eigenvalue weighted by atomic mass is 10.0. The maximum atomic E-state index is 11.4. The van der Waals surface area contributed by atoms with Crippen LogP contribution in [0, 0.1) is 0 Å². The number of hydrogen-bond acceptors (Lipinski definition) is 4. The summed E-state index contributed by atoms with van der Waals surface area (Å²) in [5, 5.41) is 3.22. The predicted octanol–water partition coefficient (Wildman–Crippen LogP) is -0.134. The zero-order chi connectivity index (χ0) is 13.5. The van der Waals surface area contributed by atoms with Gasteiger partial charge in [0.2, 0.25) is 5.91 Å². The van der Waals surface area contributed by atoms with E-state index in [0.717, 1.165) is 19.5 Å². The second-order valence-corrected chi connectivity index (χ2v) is 5.41. The highest BCUT2D eigenvalue weighted by molar-refractivity contribution is 5.80. The molecule has 0 spiro atoms. The first-order valence-electron chi connectivity index (χ1n) is 6.96. The molecular formula is C13H28N4O. The highest BCUT2D eigenvalue weighted by Gasteiger charge is 2.24. The zero-order valence-corrected chi connectivity index (χ0v) is 12.0. The number of hydrogen-bond donors (Lipinski definition) is 2. The highest BCUT2D eigenvalue weighted by Crippen LogP contribution is 2.13. The van der Waals surface area contributed by atoms with Crippen LogP contribution in [0.2, 0.25) is 0 Å². The van der Waals surface area contributed by atoms with Gasteiger partial charge in [-0.2, -0.15) is 0 Å². The van der Waals surface area contributed by atoms with Gasteiger partial charge in [0, 0.05) is 19.1 Å². The molecule has 18 heavy (non-hydrogen) atoms. The first-order chi connectivity index (χ1) is 8.54. The van der Waals surface area contributed by atoms with Crippen molar-refractivity contribution >= 4 is 5.91 Å². The SMILES string of the molecule is CCCNC(CN(C)C1CCCN(C)C1)C(N)=O. The zero-order valence-electron chi connectivity index (χ0n) is 12.0. The molecule has 0 aromatic carbocycles. The van der Waals surface area contributed by atoms with E-state index < -0.39 is 0 Å². The third-order valence-electron chi connectivity index (χ3n) is 3.68. The Kier molecular flexibility index (Phi) is 6.60. The van der Waals surface area contributed by atoms with E-state index in [9.17, 15) is 4.79 Å². The molecule has 0 radical (unpaired) electrons. The standard InChI is InChI=1S/C13H28N4O/c1-4-7-15-12(13(14)18)10-17(3)11-6-5-8-16(2)9-11/h11-12,15H,4-10H2,1-3H3,(H2,14,18). The van der Waals surface area contributed by atoms with Gasteiger partial charge < -0.3 is 20.9 Å². The average molecular weight is 256 g/mol. The van der Waals surface area contributed by atoms with Gasteiger partial charge in [0.25, 0.3) is 0 Å². The molecule has 1 rings (SSSR count). The van der Waals surface area contributed by atoms with Gasteiger partial charge in [-0.05, 0) is 46.4 Å². The van der Waals surface area contributed by atoms with Crippen LogP contribution >= 0.6 is 0 Å². The fourth-order valence-electron chi connectivity index (χ4n) is 2.51. The van der Waals surface area contributed by atoms with Gasteiger partial charge in [-0.3, -0.25) is 4.79 Å². The molecule has 1 aliphatic heterocycles. The average Bonchev–Trinajstić information content (AvgIpc) is 2.33. The Bertz CT molecular complexity index is 259. The quantitative estimate of drug-likeness (QED) is 0.666. The van der Waals surface area contributed by atoms with E-state index in [4.69, 9.17) is 5.73 Å². The van der Waals surface area contributed by atoms with Crippen molar-refractivity contribution in [2.24, 2.45) is 5.73 Å². The van der Waals surface area contributed by atoms with Gasteiger partial charge in [-0.1, -0.05) is 6.92 Å². The Labute approximate surface area is 111 Å². The summed E-state index contributed by atoms with van der Waals surface area (Å²) in [7, 11) is 4.24. The Morgan fingerprint density at radius 2 is 2.33 bits per heavy atom. The van der Waals surface area contributed by atoms with E-state index in [0.29, 0.717) is 12.6 Å². The number of likely N-dealkylation sites (N-methyl/N-ethyl adjacent to an activating group) is 2. The fraction of sp³-hybridized carbons (Fsp3) is 0.923. The van der Waals surface area contributed by atoms with Crippen LogP contribution in [0.25, 0.3) is 0 Å². The van der Waals surface area contributed by atoms with Crippen molar-refractivity contribution in [3.8, 4) is 0 Å². The van der Waals surface area contributed by atoms with Gasteiger partial charge in [-0.25, -0.2) is 0 Å². The molecule has 0 aliphatic carbocycles. The fourth-order valence-corrected chi connectivity index (χ4v) is 2.51. The number of rotatable bonds is 7. The molecule has 1 amide bonds. The van der Waals surface area contributed by atoms with E-state index in [2.05, 4.69) is 36.1 Å². The van der Waals surface area contributed by atoms with Crippen molar-refractivity contribution in [3.05, 3.63) is 0 Å².